The second-order valence-corrected chi connectivity index (χ2v) is 2.79. The number of Topliss-reactive ketones (excluding diaryl/α,β-unsaturated/α-hetero) is 2. The van der Waals surface area contributed by atoms with E-state index < -0.39 is 12.1 Å². The fraction of sp³-hybridized carbons (Fsp3) is 0.714. The van der Waals surface area contributed by atoms with Crippen LogP contribution < -0.4 is 22.9 Å². The van der Waals surface area contributed by atoms with Gasteiger partial charge in [-0.25, -0.2) is 0 Å². The van der Waals surface area contributed by atoms with Crippen molar-refractivity contribution in [2.24, 2.45) is 22.9 Å². The van der Waals surface area contributed by atoms with Crippen LogP contribution in [0.3, 0.4) is 0 Å². The van der Waals surface area contributed by atoms with E-state index in [1.807, 2.05) is 0 Å². The Balaban J connectivity index is 3.98. The van der Waals surface area contributed by atoms with Gasteiger partial charge in [-0.05, 0) is 6.42 Å². The van der Waals surface area contributed by atoms with E-state index in [-0.39, 0.29) is 31.1 Å². The molecule has 2 atom stereocenters. The molecular weight excluding hydrogens is 172 g/mol. The molecule has 0 radical (unpaired) electrons. The van der Waals surface area contributed by atoms with Crippen molar-refractivity contribution in [1.29, 1.82) is 0 Å². The van der Waals surface area contributed by atoms with Crippen LogP contribution in [0.15, 0.2) is 0 Å². The summed E-state index contributed by atoms with van der Waals surface area (Å²) in [4.78, 5) is 21.8. The number of carbonyl (C=O) groups excluding carboxylic acids is 2. The first-order chi connectivity index (χ1) is 6.02. The lowest BCUT2D eigenvalue weighted by Crippen LogP contribution is -2.44. The lowest BCUT2D eigenvalue weighted by Gasteiger charge is -2.13. The summed E-state index contributed by atoms with van der Waals surface area (Å²) in [7, 11) is 0. The number of nitrogens with two attached hydrogens (primary N) is 4. The molecular formula is C7H16N4O2. The molecule has 8 N–H and O–H groups in total. The van der Waals surface area contributed by atoms with Crippen LogP contribution in [0.2, 0.25) is 0 Å². The molecule has 0 aliphatic carbocycles. The monoisotopic (exact) mass is 188 g/mol. The molecule has 0 bridgehead atoms. The van der Waals surface area contributed by atoms with Gasteiger partial charge in [0.1, 0.15) is 0 Å². The highest BCUT2D eigenvalue weighted by Crippen LogP contribution is 1.95. The maximum atomic E-state index is 10.9. The van der Waals surface area contributed by atoms with Gasteiger partial charge in [0.15, 0.2) is 11.6 Å². The van der Waals surface area contributed by atoms with Crippen LogP contribution in [0.25, 0.3) is 0 Å². The molecule has 0 aromatic heterocycles. The first-order valence-electron chi connectivity index (χ1n) is 3.99. The maximum absolute atomic E-state index is 10.9. The summed E-state index contributed by atoms with van der Waals surface area (Å²) in [6, 6.07) is -1.54. The Hall–Kier alpha value is -0.820. The molecule has 0 rings (SSSR count). The van der Waals surface area contributed by atoms with Crippen molar-refractivity contribution in [3.8, 4) is 0 Å². The van der Waals surface area contributed by atoms with Crippen LogP contribution in [-0.4, -0.2) is 36.7 Å². The van der Waals surface area contributed by atoms with Gasteiger partial charge in [0.25, 0.3) is 0 Å². The van der Waals surface area contributed by atoms with E-state index in [9.17, 15) is 9.59 Å². The molecule has 0 spiro atoms. The zero-order chi connectivity index (χ0) is 10.4. The fourth-order valence-corrected chi connectivity index (χ4v) is 0.839. The third kappa shape index (κ3) is 4.09. The van der Waals surface area contributed by atoms with Gasteiger partial charge in [0, 0.05) is 0 Å². The molecule has 13 heavy (non-hydrogen) atoms. The highest BCUT2D eigenvalue weighted by molar-refractivity contribution is 5.89. The Morgan fingerprint density at radius 3 is 1.46 bits per heavy atom. The van der Waals surface area contributed by atoms with Crippen molar-refractivity contribution in [1.82, 2.24) is 0 Å². The Bertz CT molecular complexity index is 175. The summed E-state index contributed by atoms with van der Waals surface area (Å²) in [5.41, 5.74) is 21.0. The first-order valence-corrected chi connectivity index (χ1v) is 3.99. The van der Waals surface area contributed by atoms with Crippen LogP contribution in [0.4, 0.5) is 0 Å². The average molecular weight is 188 g/mol. The van der Waals surface area contributed by atoms with Crippen molar-refractivity contribution in [2.75, 3.05) is 13.1 Å². The number of carbonyl (C=O) groups is 2. The quantitative estimate of drug-likeness (QED) is 0.352. The van der Waals surface area contributed by atoms with E-state index in [2.05, 4.69) is 0 Å². The molecule has 0 aliphatic heterocycles. The zero-order valence-electron chi connectivity index (χ0n) is 7.40. The van der Waals surface area contributed by atoms with Gasteiger partial charge in [-0.2, -0.15) is 0 Å². The van der Waals surface area contributed by atoms with Crippen molar-refractivity contribution >= 4 is 11.6 Å². The van der Waals surface area contributed by atoms with E-state index in [1.165, 1.54) is 0 Å². The third-order valence-electron chi connectivity index (χ3n) is 1.74. The minimum atomic E-state index is -0.768. The molecule has 0 fully saturated rings. The van der Waals surface area contributed by atoms with Crippen LogP contribution >= 0.6 is 0 Å². The minimum absolute atomic E-state index is 0.103. The van der Waals surface area contributed by atoms with Gasteiger partial charge in [-0.15, -0.1) is 0 Å². The molecule has 0 aromatic rings. The van der Waals surface area contributed by atoms with E-state index in [0.717, 1.165) is 0 Å². The van der Waals surface area contributed by atoms with Gasteiger partial charge < -0.3 is 22.9 Å². The lowest BCUT2D eigenvalue weighted by molar-refractivity contribution is -0.120. The Morgan fingerprint density at radius 2 is 1.23 bits per heavy atom. The van der Waals surface area contributed by atoms with Crippen LogP contribution in [0.5, 0.6) is 0 Å². The van der Waals surface area contributed by atoms with E-state index in [4.69, 9.17) is 22.9 Å². The van der Waals surface area contributed by atoms with Gasteiger partial charge >= 0.3 is 0 Å². The molecule has 6 nitrogen and oxygen atoms in total. The first kappa shape index (κ1) is 12.2. The third-order valence-corrected chi connectivity index (χ3v) is 1.74. The standard InChI is InChI=1S/C7H16N4O2/c8-2-6(12)4(10)1-5(11)7(13)3-9/h4-5H,1-3,8-11H2. The summed E-state index contributed by atoms with van der Waals surface area (Å²) < 4.78 is 0. The molecule has 76 valence electrons. The number of hydrogen-bond donors (Lipinski definition) is 4. The molecule has 0 saturated carbocycles. The van der Waals surface area contributed by atoms with E-state index in [0.29, 0.717) is 0 Å². The SMILES string of the molecule is NCC(=O)C(N)CC(N)C(=O)CN. The maximum Gasteiger partial charge on any atom is 0.163 e. The van der Waals surface area contributed by atoms with Crippen molar-refractivity contribution < 1.29 is 9.59 Å². The molecule has 0 heterocycles. The lowest BCUT2D eigenvalue weighted by atomic mass is 10.0. The zero-order valence-corrected chi connectivity index (χ0v) is 7.40. The number of hydrogen-bond acceptors (Lipinski definition) is 6. The topological polar surface area (TPSA) is 138 Å². The predicted molar refractivity (Wildman–Crippen MR) is 48.7 cm³/mol. The van der Waals surface area contributed by atoms with E-state index in [1.54, 1.807) is 0 Å². The van der Waals surface area contributed by atoms with E-state index >= 15 is 0 Å². The molecule has 0 amide bonds. The van der Waals surface area contributed by atoms with Crippen molar-refractivity contribution in [3.63, 3.8) is 0 Å². The van der Waals surface area contributed by atoms with Crippen LogP contribution in [0.1, 0.15) is 6.42 Å². The highest BCUT2D eigenvalue weighted by Gasteiger charge is 2.19. The van der Waals surface area contributed by atoms with Gasteiger partial charge in [0.05, 0.1) is 25.2 Å². The summed E-state index contributed by atoms with van der Waals surface area (Å²) in [6.07, 6.45) is 0.103. The Labute approximate surface area is 76.6 Å². The highest BCUT2D eigenvalue weighted by atomic mass is 16.1. The minimum Gasteiger partial charge on any atom is -0.324 e. The number of rotatable bonds is 6. The van der Waals surface area contributed by atoms with Crippen LogP contribution in [-0.2, 0) is 9.59 Å². The molecule has 0 aromatic carbocycles. The molecule has 6 heteroatoms. The molecule has 0 saturated heterocycles. The second-order valence-electron chi connectivity index (χ2n) is 2.79. The van der Waals surface area contributed by atoms with Crippen molar-refractivity contribution in [3.05, 3.63) is 0 Å². The largest absolute Gasteiger partial charge is 0.324 e. The van der Waals surface area contributed by atoms with Crippen LogP contribution in [0, 0.1) is 0 Å². The Morgan fingerprint density at radius 1 is 0.923 bits per heavy atom. The van der Waals surface area contributed by atoms with Gasteiger partial charge in [0.2, 0.25) is 0 Å². The summed E-state index contributed by atoms with van der Waals surface area (Å²) in [5, 5.41) is 0. The Kier molecular flexibility index (Phi) is 5.40. The summed E-state index contributed by atoms with van der Waals surface area (Å²) in [6.45, 7) is -0.268. The number of ketones is 2. The second kappa shape index (κ2) is 5.76. The summed E-state index contributed by atoms with van der Waals surface area (Å²) >= 11 is 0. The average Bonchev–Trinajstić information content (AvgIpc) is 2.14. The molecule has 2 unspecified atom stereocenters. The normalized spacial score (nSPS) is 15.1. The van der Waals surface area contributed by atoms with Gasteiger partial charge in [-0.1, -0.05) is 0 Å². The van der Waals surface area contributed by atoms with Crippen molar-refractivity contribution in [2.45, 2.75) is 18.5 Å². The van der Waals surface area contributed by atoms with Gasteiger partial charge in [-0.3, -0.25) is 9.59 Å². The molecule has 0 aliphatic rings. The predicted octanol–water partition coefficient (Wildman–Crippen LogP) is -2.91. The smallest absolute Gasteiger partial charge is 0.163 e. The summed E-state index contributed by atoms with van der Waals surface area (Å²) in [5.74, 6) is -0.611. The fourth-order valence-electron chi connectivity index (χ4n) is 0.839.